The molecule has 5 fully saturated rings. The van der Waals surface area contributed by atoms with Crippen molar-refractivity contribution in [2.75, 3.05) is 13.2 Å². The quantitative estimate of drug-likeness (QED) is 0.781. The van der Waals surface area contributed by atoms with Gasteiger partial charge in [-0.1, -0.05) is 6.92 Å². The van der Waals surface area contributed by atoms with Gasteiger partial charge >= 0.3 is 7.05 Å². The van der Waals surface area contributed by atoms with Crippen molar-refractivity contribution in [1.29, 1.82) is 0 Å². The highest BCUT2D eigenvalue weighted by molar-refractivity contribution is 6.67. The number of rotatable bonds is 1. The zero-order valence-corrected chi connectivity index (χ0v) is 16.5. The summed E-state index contributed by atoms with van der Waals surface area (Å²) in [6.45, 7) is 4.35. The van der Waals surface area contributed by atoms with Crippen molar-refractivity contribution in [3.05, 3.63) is 24.0 Å². The van der Waals surface area contributed by atoms with Gasteiger partial charge < -0.3 is 14.6 Å². The van der Waals surface area contributed by atoms with Crippen LogP contribution in [0.3, 0.4) is 0 Å². The van der Waals surface area contributed by atoms with Gasteiger partial charge in [-0.15, -0.1) is 0 Å². The number of aromatic nitrogens is 2. The lowest BCUT2D eigenvalue weighted by molar-refractivity contribution is -0.0638. The maximum absolute atomic E-state index is 6.17. The van der Waals surface area contributed by atoms with Crippen molar-refractivity contribution in [3.63, 3.8) is 0 Å². The van der Waals surface area contributed by atoms with Gasteiger partial charge in [-0.05, 0) is 67.8 Å². The molecule has 2 unspecified atom stereocenters. The van der Waals surface area contributed by atoms with Gasteiger partial charge in [-0.2, -0.15) is 5.10 Å². The van der Waals surface area contributed by atoms with E-state index < -0.39 is 0 Å². The Hall–Kier alpha value is -1.82. The van der Waals surface area contributed by atoms with E-state index in [1.807, 2.05) is 12.4 Å². The monoisotopic (exact) mass is 374 g/mol. The van der Waals surface area contributed by atoms with Crippen molar-refractivity contribution < 1.29 is 4.65 Å². The number of H-pyrrole nitrogens is 1. The number of hydrogen-bond donors (Lipinski definition) is 1. The molecule has 2 aliphatic heterocycles. The standard InChI is InChI=1S/C22H27BN4O/c1-22-9-13-7-14(10-22)18(15(8-13)11-22)20-19-16-3-4-24-21(16)25-12-17(19)23-27(26-20)5-2-6-28-23/h3-4,12-15,18H,2,5-11H2,1H3,(H,24,25). The minimum atomic E-state index is -0.0614. The third-order valence-electron chi connectivity index (χ3n) is 8.35. The Morgan fingerprint density at radius 1 is 1.25 bits per heavy atom. The summed E-state index contributed by atoms with van der Waals surface area (Å²) in [6.07, 6.45) is 12.2. The van der Waals surface area contributed by atoms with Gasteiger partial charge in [0.05, 0.1) is 5.71 Å². The molecule has 5 nitrogen and oxygen atoms in total. The normalized spacial score (nSPS) is 38.5. The zero-order chi connectivity index (χ0) is 18.5. The van der Waals surface area contributed by atoms with Crippen molar-refractivity contribution in [2.45, 2.75) is 45.4 Å². The van der Waals surface area contributed by atoms with Crippen LogP contribution in [0.15, 0.2) is 23.6 Å². The van der Waals surface area contributed by atoms with Crippen LogP contribution in [0.4, 0.5) is 0 Å². The lowest BCUT2D eigenvalue weighted by atomic mass is 9.45. The molecule has 2 aromatic rings. The molecule has 4 aliphatic carbocycles. The predicted molar refractivity (Wildman–Crippen MR) is 110 cm³/mol. The minimum absolute atomic E-state index is 0.0614. The van der Waals surface area contributed by atoms with E-state index in [0.29, 0.717) is 11.3 Å². The molecule has 6 aliphatic rings. The van der Waals surface area contributed by atoms with Crippen LogP contribution < -0.4 is 5.46 Å². The fraction of sp³-hybridized carbons (Fsp3) is 0.636. The predicted octanol–water partition coefficient (Wildman–Crippen LogP) is 3.16. The second kappa shape index (κ2) is 5.41. The Labute approximate surface area is 166 Å². The van der Waals surface area contributed by atoms with Crippen LogP contribution in [0.25, 0.3) is 11.0 Å². The second-order valence-electron chi connectivity index (χ2n) is 10.4. The molecular formula is C22H27BN4O. The van der Waals surface area contributed by atoms with Gasteiger partial charge in [-0.25, -0.2) is 4.98 Å². The first-order valence-corrected chi connectivity index (χ1v) is 11.1. The third-order valence-corrected chi connectivity index (χ3v) is 8.35. The van der Waals surface area contributed by atoms with Gasteiger partial charge in [0.25, 0.3) is 0 Å². The van der Waals surface area contributed by atoms with Crippen LogP contribution in [-0.4, -0.2) is 40.8 Å². The summed E-state index contributed by atoms with van der Waals surface area (Å²) in [7, 11) is -0.0614. The van der Waals surface area contributed by atoms with E-state index in [-0.39, 0.29) is 7.05 Å². The summed E-state index contributed by atoms with van der Waals surface area (Å²) < 4.78 is 6.17. The highest BCUT2D eigenvalue weighted by Gasteiger charge is 2.56. The zero-order valence-electron chi connectivity index (χ0n) is 16.5. The van der Waals surface area contributed by atoms with E-state index in [1.165, 1.54) is 54.2 Å². The largest absolute Gasteiger partial charge is 0.471 e. The molecule has 0 radical (unpaired) electrons. The lowest BCUT2D eigenvalue weighted by Crippen LogP contribution is -2.59. The molecule has 8 rings (SSSR count). The topological polar surface area (TPSA) is 53.5 Å². The van der Waals surface area contributed by atoms with Crippen LogP contribution in [0, 0.1) is 29.1 Å². The molecule has 6 heteroatoms. The first kappa shape index (κ1) is 16.0. The average Bonchev–Trinajstić information content (AvgIpc) is 3.15. The van der Waals surface area contributed by atoms with Crippen molar-refractivity contribution in [1.82, 2.24) is 14.9 Å². The number of nitrogens with one attached hydrogen (secondary N) is 1. The fourth-order valence-corrected chi connectivity index (χ4v) is 7.77. The summed E-state index contributed by atoms with van der Waals surface area (Å²) in [5, 5.41) is 6.55. The van der Waals surface area contributed by atoms with E-state index in [4.69, 9.17) is 14.7 Å². The van der Waals surface area contributed by atoms with Crippen molar-refractivity contribution in [3.8, 4) is 0 Å². The molecule has 2 aromatic heterocycles. The molecule has 1 saturated heterocycles. The maximum Gasteiger partial charge on any atom is 0.471 e. The summed E-state index contributed by atoms with van der Waals surface area (Å²) >= 11 is 0. The number of aromatic amines is 1. The second-order valence-corrected chi connectivity index (χ2v) is 10.4. The number of nitrogens with zero attached hydrogens (tertiary/aromatic N) is 3. The molecule has 4 bridgehead atoms. The summed E-state index contributed by atoms with van der Waals surface area (Å²) in [5.74, 6) is 3.16. The van der Waals surface area contributed by atoms with Crippen LogP contribution >= 0.6 is 0 Å². The van der Waals surface area contributed by atoms with Crippen LogP contribution in [-0.2, 0) is 4.65 Å². The fourth-order valence-electron chi connectivity index (χ4n) is 7.77. The molecule has 2 atom stereocenters. The van der Waals surface area contributed by atoms with Crippen molar-refractivity contribution >= 4 is 29.3 Å². The highest BCUT2D eigenvalue weighted by Crippen LogP contribution is 2.62. The minimum Gasteiger partial charge on any atom is -0.412 e. The number of pyridine rings is 1. The van der Waals surface area contributed by atoms with Gasteiger partial charge in [0, 0.05) is 47.9 Å². The van der Waals surface area contributed by atoms with Crippen LogP contribution in [0.5, 0.6) is 0 Å². The SMILES string of the molecule is CC12CC3CC(C1)C(C1=NN4CCCOB4c4cnc5[nH]ccc5c41)C(C3)C2. The summed E-state index contributed by atoms with van der Waals surface area (Å²) in [5.41, 5.74) is 5.48. The average molecular weight is 374 g/mol. The first-order chi connectivity index (χ1) is 13.7. The van der Waals surface area contributed by atoms with Gasteiger partial charge in [-0.3, -0.25) is 0 Å². The molecule has 0 aromatic carbocycles. The number of hydrazone groups is 1. The lowest BCUT2D eigenvalue weighted by Gasteiger charge is -2.59. The van der Waals surface area contributed by atoms with Crippen molar-refractivity contribution in [2.24, 2.45) is 34.2 Å². The van der Waals surface area contributed by atoms with E-state index in [9.17, 15) is 0 Å². The molecule has 28 heavy (non-hydrogen) atoms. The molecule has 4 saturated carbocycles. The summed E-state index contributed by atoms with van der Waals surface area (Å²) in [4.78, 5) is 10.2. The van der Waals surface area contributed by atoms with E-state index in [0.717, 1.165) is 43.0 Å². The van der Waals surface area contributed by atoms with E-state index in [1.54, 1.807) is 0 Å². The molecule has 144 valence electrons. The molecule has 1 N–H and O–H groups in total. The van der Waals surface area contributed by atoms with Gasteiger partial charge in [0.15, 0.2) is 0 Å². The Kier molecular flexibility index (Phi) is 3.10. The molecular weight excluding hydrogens is 347 g/mol. The molecule has 0 amide bonds. The van der Waals surface area contributed by atoms with Gasteiger partial charge in [0.1, 0.15) is 5.65 Å². The highest BCUT2D eigenvalue weighted by atomic mass is 16.4. The van der Waals surface area contributed by atoms with Crippen LogP contribution in [0.2, 0.25) is 0 Å². The Bertz CT molecular complexity index is 984. The first-order valence-electron chi connectivity index (χ1n) is 11.1. The summed E-state index contributed by atoms with van der Waals surface area (Å²) in [6, 6.07) is 2.19. The Morgan fingerprint density at radius 3 is 2.93 bits per heavy atom. The van der Waals surface area contributed by atoms with E-state index in [2.05, 4.69) is 22.9 Å². The molecule has 4 heterocycles. The Balaban J connectivity index is 1.41. The smallest absolute Gasteiger partial charge is 0.412 e. The van der Waals surface area contributed by atoms with Crippen LogP contribution in [0.1, 0.15) is 51.0 Å². The maximum atomic E-state index is 6.17. The molecule has 0 spiro atoms. The number of fused-ring (bicyclic) bond motifs is 5. The third kappa shape index (κ3) is 2.07. The van der Waals surface area contributed by atoms with Gasteiger partial charge in [0.2, 0.25) is 0 Å². The number of hydrogen-bond acceptors (Lipinski definition) is 4. The Morgan fingerprint density at radius 2 is 2.11 bits per heavy atom. The van der Waals surface area contributed by atoms with E-state index >= 15 is 0 Å².